The molecule has 0 radical (unpaired) electrons. The summed E-state index contributed by atoms with van der Waals surface area (Å²) in [5.74, 6) is -3.83. The highest BCUT2D eigenvalue weighted by Gasteiger charge is 2.38. The van der Waals surface area contributed by atoms with Crippen LogP contribution in [0.15, 0.2) is 53.0 Å². The quantitative estimate of drug-likeness (QED) is 0.145. The van der Waals surface area contributed by atoms with Crippen LogP contribution in [-0.2, 0) is 25.5 Å². The van der Waals surface area contributed by atoms with E-state index in [2.05, 4.69) is 15.9 Å². The fraction of sp³-hybridized carbons (Fsp3) is 0.348. The average molecular weight is 506 g/mol. The summed E-state index contributed by atoms with van der Waals surface area (Å²) in [6, 6.07) is 12.5. The molecule has 0 bridgehead atoms. The van der Waals surface area contributed by atoms with E-state index in [0.717, 1.165) is 4.47 Å². The van der Waals surface area contributed by atoms with Crippen molar-refractivity contribution in [1.82, 2.24) is 0 Å². The number of Topliss-reactive ketones (excluding diaryl/α,β-unsaturated/α-hetero) is 1. The minimum atomic E-state index is -1.30. The van der Waals surface area contributed by atoms with Crippen molar-refractivity contribution in [2.75, 3.05) is 13.2 Å². The van der Waals surface area contributed by atoms with Crippen molar-refractivity contribution < 1.29 is 28.8 Å². The van der Waals surface area contributed by atoms with E-state index in [1.807, 2.05) is 0 Å². The molecule has 0 heterocycles. The van der Waals surface area contributed by atoms with Crippen LogP contribution < -0.4 is 0 Å². The standard InChI is InChI=1S/C23H24BrNO7/c1-3-31-22(27)21(23(28)32-4-2)17(13-15-5-11-19(12-6-15)25(29)30)14-20(26)16-7-9-18(24)10-8-16/h5-12,17,21H,3-4,13-14H2,1-2H3/t17-/m0/s1. The lowest BCUT2D eigenvalue weighted by molar-refractivity contribution is -0.384. The number of rotatable bonds is 11. The summed E-state index contributed by atoms with van der Waals surface area (Å²) < 4.78 is 11.0. The zero-order chi connectivity index (χ0) is 23.7. The summed E-state index contributed by atoms with van der Waals surface area (Å²) in [5.41, 5.74) is 1.000. The van der Waals surface area contributed by atoms with Crippen molar-refractivity contribution in [2.45, 2.75) is 26.7 Å². The number of non-ortho nitro benzene ring substituents is 1. The SMILES string of the molecule is CCOC(=O)C(C(=O)OCC)[C@H](CC(=O)c1ccc(Br)cc1)Cc1ccc([N+](=O)[O-])cc1. The Kier molecular flexibility index (Phi) is 9.52. The van der Waals surface area contributed by atoms with E-state index in [0.29, 0.717) is 11.1 Å². The van der Waals surface area contributed by atoms with Crippen LogP contribution in [0.25, 0.3) is 0 Å². The first kappa shape index (κ1) is 25.2. The zero-order valence-corrected chi connectivity index (χ0v) is 19.4. The van der Waals surface area contributed by atoms with E-state index in [1.165, 1.54) is 12.1 Å². The van der Waals surface area contributed by atoms with Gasteiger partial charge >= 0.3 is 11.9 Å². The van der Waals surface area contributed by atoms with Gasteiger partial charge in [0.2, 0.25) is 0 Å². The van der Waals surface area contributed by atoms with E-state index in [-0.39, 0.29) is 37.5 Å². The predicted molar refractivity (Wildman–Crippen MR) is 120 cm³/mol. The highest BCUT2D eigenvalue weighted by Crippen LogP contribution is 2.27. The number of halogens is 1. The van der Waals surface area contributed by atoms with Crippen LogP contribution >= 0.6 is 15.9 Å². The van der Waals surface area contributed by atoms with Gasteiger partial charge in [0, 0.05) is 28.6 Å². The lowest BCUT2D eigenvalue weighted by atomic mass is 9.82. The van der Waals surface area contributed by atoms with Gasteiger partial charge in [0.1, 0.15) is 0 Å². The summed E-state index contributed by atoms with van der Waals surface area (Å²) >= 11 is 3.32. The molecule has 0 N–H and O–H groups in total. The Labute approximate surface area is 194 Å². The molecular formula is C23H24BrNO7. The van der Waals surface area contributed by atoms with Gasteiger partial charge in [-0.3, -0.25) is 24.5 Å². The number of hydrogen-bond acceptors (Lipinski definition) is 7. The molecule has 1 atom stereocenters. The maximum Gasteiger partial charge on any atom is 0.320 e. The molecule has 0 spiro atoms. The molecule has 0 aromatic heterocycles. The maximum absolute atomic E-state index is 13.0. The molecule has 2 aromatic rings. The van der Waals surface area contributed by atoms with Crippen LogP contribution in [0.1, 0.15) is 36.2 Å². The molecule has 8 nitrogen and oxygen atoms in total. The van der Waals surface area contributed by atoms with E-state index in [1.54, 1.807) is 50.2 Å². The summed E-state index contributed by atoms with van der Waals surface area (Å²) in [6.07, 6.45) is 0.0451. The number of esters is 2. The normalized spacial score (nSPS) is 11.6. The molecule has 0 amide bonds. The van der Waals surface area contributed by atoms with E-state index < -0.39 is 28.7 Å². The zero-order valence-electron chi connectivity index (χ0n) is 17.8. The molecule has 2 aromatic carbocycles. The van der Waals surface area contributed by atoms with Crippen LogP contribution in [0.5, 0.6) is 0 Å². The average Bonchev–Trinajstić information content (AvgIpc) is 2.75. The molecule has 0 unspecified atom stereocenters. The van der Waals surface area contributed by atoms with E-state index in [4.69, 9.17) is 9.47 Å². The number of nitro benzene ring substituents is 1. The van der Waals surface area contributed by atoms with Crippen LogP contribution in [0, 0.1) is 22.0 Å². The van der Waals surface area contributed by atoms with Crippen molar-refractivity contribution in [2.24, 2.45) is 11.8 Å². The first-order valence-corrected chi connectivity index (χ1v) is 10.9. The number of nitro groups is 1. The smallest absolute Gasteiger partial charge is 0.320 e. The molecular weight excluding hydrogens is 482 g/mol. The van der Waals surface area contributed by atoms with Gasteiger partial charge in [-0.15, -0.1) is 0 Å². The minimum absolute atomic E-state index is 0.0691. The van der Waals surface area contributed by atoms with Gasteiger partial charge in [-0.2, -0.15) is 0 Å². The fourth-order valence-electron chi connectivity index (χ4n) is 3.30. The second kappa shape index (κ2) is 12.1. The van der Waals surface area contributed by atoms with Crippen LogP contribution in [0.2, 0.25) is 0 Å². The molecule has 2 rings (SSSR count). The summed E-state index contributed by atoms with van der Waals surface area (Å²) in [5, 5.41) is 10.9. The Morgan fingerprint density at radius 2 is 1.47 bits per heavy atom. The maximum atomic E-state index is 13.0. The number of hydrogen-bond donors (Lipinski definition) is 0. The Balaban J connectivity index is 2.38. The van der Waals surface area contributed by atoms with E-state index in [9.17, 15) is 24.5 Å². The molecule has 0 fully saturated rings. The molecule has 9 heteroatoms. The number of carbonyl (C=O) groups is 3. The van der Waals surface area contributed by atoms with Crippen molar-refractivity contribution in [3.63, 3.8) is 0 Å². The van der Waals surface area contributed by atoms with Gasteiger partial charge in [-0.1, -0.05) is 40.2 Å². The molecule has 0 aliphatic heterocycles. The molecule has 0 saturated carbocycles. The fourth-order valence-corrected chi connectivity index (χ4v) is 3.57. The number of ketones is 1. The molecule has 32 heavy (non-hydrogen) atoms. The van der Waals surface area contributed by atoms with Gasteiger partial charge in [-0.25, -0.2) is 0 Å². The van der Waals surface area contributed by atoms with Crippen LogP contribution in [-0.4, -0.2) is 35.9 Å². The monoisotopic (exact) mass is 505 g/mol. The number of benzene rings is 2. The number of carbonyl (C=O) groups excluding carboxylic acids is 3. The highest BCUT2D eigenvalue weighted by molar-refractivity contribution is 9.10. The summed E-state index contributed by atoms with van der Waals surface area (Å²) in [6.45, 7) is 3.39. The number of nitrogens with zero attached hydrogens (tertiary/aromatic N) is 1. The van der Waals surface area contributed by atoms with Crippen molar-refractivity contribution in [3.05, 3.63) is 74.2 Å². The second-order valence-corrected chi connectivity index (χ2v) is 7.92. The first-order valence-electron chi connectivity index (χ1n) is 10.1. The Morgan fingerprint density at radius 1 is 0.938 bits per heavy atom. The lowest BCUT2D eigenvalue weighted by Crippen LogP contribution is -2.36. The third-order valence-corrected chi connectivity index (χ3v) is 5.34. The molecule has 170 valence electrons. The number of ether oxygens (including phenoxy) is 2. The lowest BCUT2D eigenvalue weighted by Gasteiger charge is -2.24. The highest BCUT2D eigenvalue weighted by atomic mass is 79.9. The van der Waals surface area contributed by atoms with Gasteiger partial charge in [0.15, 0.2) is 11.7 Å². The molecule has 0 aliphatic rings. The summed E-state index contributed by atoms with van der Waals surface area (Å²) in [7, 11) is 0. The van der Waals surface area contributed by atoms with E-state index >= 15 is 0 Å². The van der Waals surface area contributed by atoms with Gasteiger partial charge in [-0.05, 0) is 43.9 Å². The van der Waals surface area contributed by atoms with Crippen molar-refractivity contribution in [1.29, 1.82) is 0 Å². The Morgan fingerprint density at radius 3 is 1.94 bits per heavy atom. The Bertz CT molecular complexity index is 939. The van der Waals surface area contributed by atoms with Crippen LogP contribution in [0.4, 0.5) is 5.69 Å². The second-order valence-electron chi connectivity index (χ2n) is 7.00. The first-order chi connectivity index (χ1) is 15.3. The van der Waals surface area contributed by atoms with Gasteiger partial charge < -0.3 is 9.47 Å². The van der Waals surface area contributed by atoms with Crippen molar-refractivity contribution in [3.8, 4) is 0 Å². The third-order valence-electron chi connectivity index (χ3n) is 4.81. The van der Waals surface area contributed by atoms with Crippen LogP contribution in [0.3, 0.4) is 0 Å². The van der Waals surface area contributed by atoms with Gasteiger partial charge in [0.05, 0.1) is 18.1 Å². The van der Waals surface area contributed by atoms with Gasteiger partial charge in [0.25, 0.3) is 5.69 Å². The predicted octanol–water partition coefficient (Wildman–Crippen LogP) is 4.53. The Hall–Kier alpha value is -3.07. The minimum Gasteiger partial charge on any atom is -0.465 e. The largest absolute Gasteiger partial charge is 0.465 e. The topological polar surface area (TPSA) is 113 Å². The molecule has 0 saturated heterocycles. The summed E-state index contributed by atoms with van der Waals surface area (Å²) in [4.78, 5) is 48.7. The molecule has 0 aliphatic carbocycles. The third kappa shape index (κ3) is 6.98. The van der Waals surface area contributed by atoms with Crippen molar-refractivity contribution >= 4 is 39.3 Å².